The third kappa shape index (κ3) is 50.1. The van der Waals surface area contributed by atoms with Crippen molar-refractivity contribution in [2.75, 3.05) is 13.2 Å². The summed E-state index contributed by atoms with van der Waals surface area (Å²) in [7, 11) is 0. The van der Waals surface area contributed by atoms with Crippen LogP contribution in [-0.4, -0.2) is 37.2 Å². The molecule has 370 valence electrons. The summed E-state index contributed by atoms with van der Waals surface area (Å²) in [5.41, 5.74) is 0. The predicted molar refractivity (Wildman–Crippen MR) is 275 cm³/mol. The molecule has 0 radical (unpaired) electrons. The van der Waals surface area contributed by atoms with Gasteiger partial charge in [-0.25, -0.2) is 0 Å². The van der Waals surface area contributed by atoms with Gasteiger partial charge in [-0.05, 0) is 83.5 Å². The summed E-state index contributed by atoms with van der Waals surface area (Å²) >= 11 is 0. The van der Waals surface area contributed by atoms with Gasteiger partial charge in [-0.2, -0.15) is 0 Å². The Bertz CT molecular complexity index is 1170. The van der Waals surface area contributed by atoms with E-state index in [-0.39, 0.29) is 31.1 Å². The van der Waals surface area contributed by atoms with E-state index in [0.717, 1.165) is 103 Å². The normalized spacial score (nSPS) is 12.5. The number of hydrogen-bond acceptors (Lipinski definition) is 6. The molecule has 0 aliphatic carbocycles. The molecule has 0 bridgehead atoms. The van der Waals surface area contributed by atoms with Crippen molar-refractivity contribution in [1.29, 1.82) is 0 Å². The van der Waals surface area contributed by atoms with Gasteiger partial charge in [-0.1, -0.05) is 229 Å². The molecule has 0 heterocycles. The van der Waals surface area contributed by atoms with Crippen molar-refractivity contribution in [2.24, 2.45) is 0 Å². The standard InChI is InChI=1S/C58H102O6/c1-4-7-10-13-16-19-22-24-26-27-28-29-30-31-32-34-36-39-42-45-48-51-57(60)63-54-55(53-62-56(59)50-47-44-41-38-35-21-18-15-12-9-6-3)64-58(61)52-49-46-43-40-37-33-25-23-20-17-14-11-8-5-2/h7,10,16,19,23-26,28-29,55H,4-6,8-9,11-15,17-18,20-22,27,30-54H2,1-3H3/b10-7-,19-16-,25-23-,26-24-,29-28-. The lowest BCUT2D eigenvalue weighted by molar-refractivity contribution is -0.167. The van der Waals surface area contributed by atoms with Gasteiger partial charge in [0, 0.05) is 19.3 Å². The maximum absolute atomic E-state index is 12.8. The van der Waals surface area contributed by atoms with Crippen LogP contribution in [0.2, 0.25) is 0 Å². The summed E-state index contributed by atoms with van der Waals surface area (Å²) in [4.78, 5) is 38.0. The fraction of sp³-hybridized carbons (Fsp3) is 0.776. The molecule has 0 rings (SSSR count). The molecule has 6 heteroatoms. The summed E-state index contributed by atoms with van der Waals surface area (Å²) in [6.45, 7) is 6.51. The monoisotopic (exact) mass is 895 g/mol. The van der Waals surface area contributed by atoms with Crippen LogP contribution in [0, 0.1) is 0 Å². The molecule has 0 saturated carbocycles. The number of carbonyl (C=O) groups is 3. The van der Waals surface area contributed by atoms with Crippen molar-refractivity contribution in [3.63, 3.8) is 0 Å². The van der Waals surface area contributed by atoms with Crippen molar-refractivity contribution in [3.8, 4) is 0 Å². The average molecular weight is 895 g/mol. The van der Waals surface area contributed by atoms with Crippen LogP contribution in [0.15, 0.2) is 60.8 Å². The smallest absolute Gasteiger partial charge is 0.306 e. The lowest BCUT2D eigenvalue weighted by Crippen LogP contribution is -2.30. The quantitative estimate of drug-likeness (QED) is 0.0262. The molecular weight excluding hydrogens is 793 g/mol. The Labute approximate surface area is 396 Å². The summed E-state index contributed by atoms with van der Waals surface area (Å²) in [5.74, 6) is -0.888. The molecular formula is C58H102O6. The topological polar surface area (TPSA) is 78.9 Å². The van der Waals surface area contributed by atoms with Gasteiger partial charge in [0.1, 0.15) is 13.2 Å². The molecule has 0 aromatic heterocycles. The fourth-order valence-electron chi connectivity index (χ4n) is 7.66. The highest BCUT2D eigenvalue weighted by Gasteiger charge is 2.19. The van der Waals surface area contributed by atoms with E-state index >= 15 is 0 Å². The fourth-order valence-corrected chi connectivity index (χ4v) is 7.66. The third-order valence-electron chi connectivity index (χ3n) is 11.8. The first-order valence-corrected chi connectivity index (χ1v) is 27.3. The van der Waals surface area contributed by atoms with E-state index in [1.165, 1.54) is 128 Å². The van der Waals surface area contributed by atoms with Gasteiger partial charge in [-0.3, -0.25) is 14.4 Å². The second-order valence-corrected chi connectivity index (χ2v) is 18.1. The van der Waals surface area contributed by atoms with Crippen LogP contribution in [0.1, 0.15) is 271 Å². The van der Waals surface area contributed by atoms with E-state index in [1.54, 1.807) is 0 Å². The molecule has 6 nitrogen and oxygen atoms in total. The van der Waals surface area contributed by atoms with Crippen molar-refractivity contribution >= 4 is 17.9 Å². The number of allylic oxidation sites excluding steroid dienone is 10. The Kier molecular flexibility index (Phi) is 50.4. The summed E-state index contributed by atoms with van der Waals surface area (Å²) < 4.78 is 16.8. The van der Waals surface area contributed by atoms with Crippen molar-refractivity contribution in [2.45, 2.75) is 277 Å². The van der Waals surface area contributed by atoms with Gasteiger partial charge >= 0.3 is 17.9 Å². The molecule has 64 heavy (non-hydrogen) atoms. The summed E-state index contributed by atoms with van der Waals surface area (Å²) in [6, 6.07) is 0. The molecule has 0 N–H and O–H groups in total. The van der Waals surface area contributed by atoms with Gasteiger partial charge < -0.3 is 14.2 Å². The second kappa shape index (κ2) is 52.7. The lowest BCUT2D eigenvalue weighted by atomic mass is 10.1. The predicted octanol–water partition coefficient (Wildman–Crippen LogP) is 18.0. The van der Waals surface area contributed by atoms with Gasteiger partial charge in [0.05, 0.1) is 0 Å². The SMILES string of the molecule is CC/C=C\C/C=C\C/C=C\C/C=C\CCCCCCCCCCC(=O)OCC(COC(=O)CCCCCCCCCCCCC)OC(=O)CCCCCCC/C=C\CCCCCCC. The van der Waals surface area contributed by atoms with Gasteiger partial charge in [0.15, 0.2) is 6.10 Å². The lowest BCUT2D eigenvalue weighted by Gasteiger charge is -2.18. The van der Waals surface area contributed by atoms with Gasteiger partial charge in [0.25, 0.3) is 0 Å². The molecule has 0 fully saturated rings. The molecule has 0 aromatic rings. The van der Waals surface area contributed by atoms with E-state index in [2.05, 4.69) is 81.5 Å². The van der Waals surface area contributed by atoms with E-state index in [4.69, 9.17) is 14.2 Å². The molecule has 1 unspecified atom stereocenters. The highest BCUT2D eigenvalue weighted by Crippen LogP contribution is 2.15. The number of rotatable bonds is 49. The van der Waals surface area contributed by atoms with Crippen LogP contribution in [0.25, 0.3) is 0 Å². The Morgan fingerprint density at radius 1 is 0.328 bits per heavy atom. The minimum Gasteiger partial charge on any atom is -0.462 e. The molecule has 0 spiro atoms. The Hall–Kier alpha value is -2.89. The molecule has 0 aliphatic rings. The van der Waals surface area contributed by atoms with Gasteiger partial charge in [-0.15, -0.1) is 0 Å². The van der Waals surface area contributed by atoms with Crippen LogP contribution >= 0.6 is 0 Å². The molecule has 0 saturated heterocycles. The average Bonchev–Trinajstić information content (AvgIpc) is 3.29. The number of carbonyl (C=O) groups excluding carboxylic acids is 3. The zero-order valence-corrected chi connectivity index (χ0v) is 42.3. The van der Waals surface area contributed by atoms with Gasteiger partial charge in [0.2, 0.25) is 0 Å². The Morgan fingerprint density at radius 3 is 0.969 bits per heavy atom. The Balaban J connectivity index is 4.33. The zero-order valence-electron chi connectivity index (χ0n) is 42.3. The van der Waals surface area contributed by atoms with E-state index in [9.17, 15) is 14.4 Å². The zero-order chi connectivity index (χ0) is 46.5. The number of ether oxygens (including phenoxy) is 3. The first kappa shape index (κ1) is 61.1. The first-order valence-electron chi connectivity index (χ1n) is 27.3. The van der Waals surface area contributed by atoms with Crippen LogP contribution in [-0.2, 0) is 28.6 Å². The molecule has 0 aromatic carbocycles. The van der Waals surface area contributed by atoms with Crippen molar-refractivity contribution in [1.82, 2.24) is 0 Å². The van der Waals surface area contributed by atoms with Crippen LogP contribution in [0.3, 0.4) is 0 Å². The van der Waals surface area contributed by atoms with Crippen molar-refractivity contribution in [3.05, 3.63) is 60.8 Å². The van der Waals surface area contributed by atoms with E-state index in [1.807, 2.05) is 0 Å². The second-order valence-electron chi connectivity index (χ2n) is 18.1. The summed E-state index contributed by atoms with van der Waals surface area (Å²) in [5, 5.41) is 0. The number of esters is 3. The highest BCUT2D eigenvalue weighted by atomic mass is 16.6. The molecule has 0 aliphatic heterocycles. The van der Waals surface area contributed by atoms with Crippen LogP contribution in [0.4, 0.5) is 0 Å². The first-order chi connectivity index (χ1) is 31.5. The largest absolute Gasteiger partial charge is 0.462 e. The van der Waals surface area contributed by atoms with E-state index < -0.39 is 6.10 Å². The number of unbranched alkanes of at least 4 members (excludes halogenated alkanes) is 28. The van der Waals surface area contributed by atoms with Crippen molar-refractivity contribution < 1.29 is 28.6 Å². The maximum Gasteiger partial charge on any atom is 0.306 e. The summed E-state index contributed by atoms with van der Waals surface area (Å²) in [6.07, 6.45) is 64.9. The molecule has 0 amide bonds. The minimum absolute atomic E-state index is 0.0778. The maximum atomic E-state index is 12.8. The number of hydrogen-bond donors (Lipinski definition) is 0. The van der Waals surface area contributed by atoms with E-state index in [0.29, 0.717) is 19.3 Å². The van der Waals surface area contributed by atoms with Crippen LogP contribution in [0.5, 0.6) is 0 Å². The van der Waals surface area contributed by atoms with Crippen LogP contribution < -0.4 is 0 Å². The minimum atomic E-state index is -0.779. The highest BCUT2D eigenvalue weighted by molar-refractivity contribution is 5.71. The Morgan fingerprint density at radius 2 is 0.609 bits per heavy atom. The third-order valence-corrected chi connectivity index (χ3v) is 11.8. The molecule has 1 atom stereocenters.